The molecule has 5 unspecified atom stereocenters. The van der Waals surface area contributed by atoms with Crippen molar-refractivity contribution in [2.45, 2.75) is 156 Å². The van der Waals surface area contributed by atoms with Crippen molar-refractivity contribution < 1.29 is 19.0 Å². The molecule has 10 atom stereocenters. The first-order chi connectivity index (χ1) is 23.7. The number of carbonyl (C=O) groups excluding carboxylic acids is 1. The molecule has 0 radical (unpaired) electrons. The van der Waals surface area contributed by atoms with Crippen molar-refractivity contribution in [2.75, 3.05) is 52.6 Å². The third kappa shape index (κ3) is 11.4. The number of fused-ring (bicyclic) bond motifs is 3. The third-order valence-corrected chi connectivity index (χ3v) is 13.8. The van der Waals surface area contributed by atoms with Gasteiger partial charge in [-0.15, -0.1) is 0 Å². The van der Waals surface area contributed by atoms with Crippen LogP contribution in [-0.4, -0.2) is 70.7 Å². The number of hydrogen-bond donors (Lipinski definition) is 4. The van der Waals surface area contributed by atoms with Gasteiger partial charge in [-0.2, -0.15) is 0 Å². The van der Waals surface area contributed by atoms with Crippen molar-refractivity contribution in [1.82, 2.24) is 5.32 Å². The second-order valence-corrected chi connectivity index (χ2v) is 16.6. The van der Waals surface area contributed by atoms with Crippen molar-refractivity contribution in [3.8, 4) is 0 Å². The van der Waals surface area contributed by atoms with Crippen LogP contribution in [0.25, 0.3) is 0 Å². The molecular formula is C41H80N4O4. The molecule has 0 aromatic heterocycles. The number of nitrogens with two attached hydrogens (primary N) is 3. The van der Waals surface area contributed by atoms with Gasteiger partial charge in [0.15, 0.2) is 0 Å². The lowest BCUT2D eigenvalue weighted by Gasteiger charge is -2.63. The van der Waals surface area contributed by atoms with Crippen LogP contribution < -0.4 is 22.5 Å². The normalized spacial score (nSPS) is 33.3. The molecule has 8 nitrogen and oxygen atoms in total. The number of hydrogen-bond acceptors (Lipinski definition) is 7. The van der Waals surface area contributed by atoms with E-state index in [2.05, 4.69) is 39.9 Å². The Morgan fingerprint density at radius 2 is 1.49 bits per heavy atom. The fourth-order valence-electron chi connectivity index (χ4n) is 10.7. The predicted octanol–water partition coefficient (Wildman–Crippen LogP) is 7.21. The Labute approximate surface area is 301 Å². The zero-order valence-corrected chi connectivity index (χ0v) is 32.7. The summed E-state index contributed by atoms with van der Waals surface area (Å²) in [6.07, 6.45) is 19.0. The lowest BCUT2D eigenvalue weighted by molar-refractivity contribution is -0.218. The van der Waals surface area contributed by atoms with E-state index in [-0.39, 0.29) is 28.9 Å². The van der Waals surface area contributed by atoms with E-state index in [9.17, 15) is 4.79 Å². The van der Waals surface area contributed by atoms with Crippen LogP contribution >= 0.6 is 0 Å². The summed E-state index contributed by atoms with van der Waals surface area (Å²) in [6.45, 7) is 18.0. The lowest BCUT2D eigenvalue weighted by Crippen LogP contribution is -2.62. The maximum atomic E-state index is 12.9. The molecule has 3 saturated carbocycles. The van der Waals surface area contributed by atoms with Gasteiger partial charge in [0, 0.05) is 44.8 Å². The van der Waals surface area contributed by atoms with Gasteiger partial charge in [-0.05, 0) is 125 Å². The highest BCUT2D eigenvalue weighted by molar-refractivity contribution is 5.75. The molecule has 0 saturated heterocycles. The lowest BCUT2D eigenvalue weighted by atomic mass is 9.44. The minimum atomic E-state index is 0.0481. The Morgan fingerprint density at radius 3 is 2.18 bits per heavy atom. The third-order valence-electron chi connectivity index (χ3n) is 13.8. The molecule has 0 heterocycles. The van der Waals surface area contributed by atoms with E-state index in [1.807, 2.05) is 0 Å². The first-order valence-electron chi connectivity index (χ1n) is 20.9. The SMILES string of the molecule is CCCCCCCCNC(=O)CC[C@@H](C)C1CC[C@H]2C3[C@H](OCCCN)CC(CCOCCCN)C(C)(CC)[C@H]3C[C@H](OCCCN)C12C. The summed E-state index contributed by atoms with van der Waals surface area (Å²) in [4.78, 5) is 12.9. The van der Waals surface area contributed by atoms with Crippen molar-refractivity contribution in [3.63, 3.8) is 0 Å². The molecule has 0 aliphatic heterocycles. The summed E-state index contributed by atoms with van der Waals surface area (Å²) in [5.74, 6) is 3.33. The molecule has 49 heavy (non-hydrogen) atoms. The Bertz CT molecular complexity index is 909. The van der Waals surface area contributed by atoms with Crippen LogP contribution in [0.2, 0.25) is 0 Å². The van der Waals surface area contributed by atoms with Crippen molar-refractivity contribution in [2.24, 2.45) is 63.5 Å². The smallest absolute Gasteiger partial charge is 0.220 e. The van der Waals surface area contributed by atoms with E-state index in [0.717, 1.165) is 90.8 Å². The summed E-state index contributed by atoms with van der Waals surface area (Å²) < 4.78 is 19.9. The Hall–Kier alpha value is -0.770. The van der Waals surface area contributed by atoms with E-state index < -0.39 is 0 Å². The maximum Gasteiger partial charge on any atom is 0.220 e. The summed E-state index contributed by atoms with van der Waals surface area (Å²) in [6, 6.07) is 0. The highest BCUT2D eigenvalue weighted by atomic mass is 16.5. The number of ether oxygens (including phenoxy) is 3. The molecule has 0 aromatic carbocycles. The zero-order chi connectivity index (χ0) is 35.7. The summed E-state index contributed by atoms with van der Waals surface area (Å²) in [5.41, 5.74) is 17.9. The number of amides is 1. The molecule has 3 rings (SSSR count). The molecule has 8 heteroatoms. The topological polar surface area (TPSA) is 135 Å². The molecule has 288 valence electrons. The van der Waals surface area contributed by atoms with Gasteiger partial charge < -0.3 is 36.7 Å². The van der Waals surface area contributed by atoms with Crippen LogP contribution in [0.3, 0.4) is 0 Å². The van der Waals surface area contributed by atoms with E-state index in [1.165, 1.54) is 44.9 Å². The van der Waals surface area contributed by atoms with Gasteiger partial charge in [0.2, 0.25) is 5.91 Å². The van der Waals surface area contributed by atoms with Gasteiger partial charge in [0.05, 0.1) is 12.2 Å². The highest BCUT2D eigenvalue weighted by Crippen LogP contribution is 2.68. The number of unbranched alkanes of at least 4 members (excludes halogenated alkanes) is 5. The van der Waals surface area contributed by atoms with Crippen LogP contribution in [0.5, 0.6) is 0 Å². The first-order valence-corrected chi connectivity index (χ1v) is 20.9. The van der Waals surface area contributed by atoms with Crippen LogP contribution in [0, 0.1) is 46.3 Å². The summed E-state index contributed by atoms with van der Waals surface area (Å²) >= 11 is 0. The molecule has 3 fully saturated rings. The van der Waals surface area contributed by atoms with Crippen molar-refractivity contribution in [1.29, 1.82) is 0 Å². The monoisotopic (exact) mass is 693 g/mol. The second kappa shape index (κ2) is 22.3. The van der Waals surface area contributed by atoms with Gasteiger partial charge in [0.25, 0.3) is 0 Å². The quantitative estimate of drug-likeness (QED) is 0.0704. The maximum absolute atomic E-state index is 12.9. The Kier molecular flexibility index (Phi) is 19.4. The first kappa shape index (κ1) is 42.6. The molecule has 0 bridgehead atoms. The number of carbonyl (C=O) groups is 1. The number of nitrogens with one attached hydrogen (secondary N) is 1. The largest absolute Gasteiger partial charge is 0.381 e. The van der Waals surface area contributed by atoms with Gasteiger partial charge >= 0.3 is 0 Å². The molecule has 0 aromatic rings. The zero-order valence-electron chi connectivity index (χ0n) is 32.7. The van der Waals surface area contributed by atoms with Crippen molar-refractivity contribution in [3.05, 3.63) is 0 Å². The van der Waals surface area contributed by atoms with Gasteiger partial charge in [-0.3, -0.25) is 4.79 Å². The molecule has 1 amide bonds. The van der Waals surface area contributed by atoms with Crippen molar-refractivity contribution >= 4 is 5.91 Å². The minimum Gasteiger partial charge on any atom is -0.381 e. The van der Waals surface area contributed by atoms with Crippen LogP contribution in [0.15, 0.2) is 0 Å². The minimum absolute atomic E-state index is 0.0481. The van der Waals surface area contributed by atoms with Gasteiger partial charge in [-0.25, -0.2) is 0 Å². The Morgan fingerprint density at radius 1 is 0.816 bits per heavy atom. The summed E-state index contributed by atoms with van der Waals surface area (Å²) in [5, 5.41) is 3.22. The average molecular weight is 693 g/mol. The van der Waals surface area contributed by atoms with E-state index in [1.54, 1.807) is 0 Å². The van der Waals surface area contributed by atoms with E-state index in [4.69, 9.17) is 31.4 Å². The fourth-order valence-corrected chi connectivity index (χ4v) is 10.7. The summed E-state index contributed by atoms with van der Waals surface area (Å²) in [7, 11) is 0. The highest BCUT2D eigenvalue weighted by Gasteiger charge is 2.65. The van der Waals surface area contributed by atoms with Gasteiger partial charge in [-0.1, -0.05) is 73.1 Å². The van der Waals surface area contributed by atoms with Crippen LogP contribution in [-0.2, 0) is 19.0 Å². The Balaban J connectivity index is 1.78. The standard InChI is InChI=1S/C41H80N4O4/c1-6-8-9-10-11-12-24-45-38(46)19-16-31(3)33-17-18-34-39-35(30-37(41(33,34)5)49-27-15-23-44)40(4,7-2)32(20-28-47-25-13-21-42)29-36(39)48-26-14-22-43/h31-37,39H,6-30,42-44H2,1-5H3,(H,45,46)/t31-,32?,33?,34+,35+,36-,37+,39?,40?,41?/m1/s1. The predicted molar refractivity (Wildman–Crippen MR) is 203 cm³/mol. The average Bonchev–Trinajstić information content (AvgIpc) is 3.46. The second-order valence-electron chi connectivity index (χ2n) is 16.6. The van der Waals surface area contributed by atoms with E-state index >= 15 is 0 Å². The van der Waals surface area contributed by atoms with Gasteiger partial charge in [0.1, 0.15) is 0 Å². The molecule has 3 aliphatic carbocycles. The fraction of sp³-hybridized carbons (Fsp3) is 0.976. The van der Waals surface area contributed by atoms with E-state index in [0.29, 0.717) is 61.6 Å². The molecule has 3 aliphatic rings. The number of rotatable bonds is 26. The van der Waals surface area contributed by atoms with Crippen LogP contribution in [0.1, 0.15) is 144 Å². The van der Waals surface area contributed by atoms with Crippen LogP contribution in [0.4, 0.5) is 0 Å². The molecular weight excluding hydrogens is 612 g/mol. The molecule has 7 N–H and O–H groups in total. The molecule has 0 spiro atoms.